The quantitative estimate of drug-likeness (QED) is 0.733. The molecule has 1 aromatic carbocycles. The van der Waals surface area contributed by atoms with Gasteiger partial charge in [0.15, 0.2) is 5.69 Å². The number of nitrogens with zero attached hydrogens (tertiary/aromatic N) is 5. The molecule has 152 valence electrons. The maximum absolute atomic E-state index is 13.0. The fourth-order valence-corrected chi connectivity index (χ4v) is 4.83. The van der Waals surface area contributed by atoms with E-state index in [1.807, 2.05) is 40.0 Å². The molecule has 29 heavy (non-hydrogen) atoms. The summed E-state index contributed by atoms with van der Waals surface area (Å²) in [5.41, 5.74) is 2.50. The molecule has 1 N–H and O–H groups in total. The van der Waals surface area contributed by atoms with Crippen LogP contribution in [0.5, 0.6) is 0 Å². The van der Waals surface area contributed by atoms with E-state index in [4.69, 9.17) is 4.98 Å². The summed E-state index contributed by atoms with van der Waals surface area (Å²) >= 11 is 0. The van der Waals surface area contributed by atoms with E-state index in [9.17, 15) is 4.79 Å². The monoisotopic (exact) mass is 392 g/mol. The van der Waals surface area contributed by atoms with Crippen molar-refractivity contribution in [2.24, 2.45) is 5.92 Å². The number of hydrogen-bond donors (Lipinski definition) is 1. The van der Waals surface area contributed by atoms with Gasteiger partial charge in [0, 0.05) is 25.6 Å². The summed E-state index contributed by atoms with van der Waals surface area (Å²) in [5.74, 6) is 1.86. The number of hydrogen-bond acceptors (Lipinski definition) is 4. The van der Waals surface area contributed by atoms with Crippen molar-refractivity contribution in [3.63, 3.8) is 0 Å². The predicted molar refractivity (Wildman–Crippen MR) is 111 cm³/mol. The summed E-state index contributed by atoms with van der Waals surface area (Å²) in [4.78, 5) is 23.1. The summed E-state index contributed by atoms with van der Waals surface area (Å²) in [7, 11) is 0. The number of aromatic amines is 1. The lowest BCUT2D eigenvalue weighted by molar-refractivity contribution is 0.0698. The van der Waals surface area contributed by atoms with Crippen LogP contribution < -0.4 is 0 Å². The molecule has 7 nitrogen and oxygen atoms in total. The number of para-hydroxylation sites is 2. The Morgan fingerprint density at radius 1 is 1.10 bits per heavy atom. The Bertz CT molecular complexity index is 953. The molecule has 7 heteroatoms. The normalized spacial score (nSPS) is 21.0. The van der Waals surface area contributed by atoms with E-state index in [0.717, 1.165) is 42.8 Å². The van der Waals surface area contributed by atoms with Crippen LogP contribution in [0, 0.1) is 5.92 Å². The highest BCUT2D eigenvalue weighted by Gasteiger charge is 2.29. The minimum Gasteiger partial charge on any atom is -0.342 e. The summed E-state index contributed by atoms with van der Waals surface area (Å²) in [6.45, 7) is 2.32. The van der Waals surface area contributed by atoms with Gasteiger partial charge in [-0.05, 0) is 43.7 Å². The van der Waals surface area contributed by atoms with E-state index in [2.05, 4.69) is 15.3 Å². The average Bonchev–Trinajstić information content (AvgIpc) is 3.41. The predicted octanol–water partition coefficient (Wildman–Crippen LogP) is 3.75. The van der Waals surface area contributed by atoms with E-state index in [-0.39, 0.29) is 11.8 Å². The lowest BCUT2D eigenvalue weighted by Crippen LogP contribution is -2.39. The van der Waals surface area contributed by atoms with Gasteiger partial charge in [-0.1, -0.05) is 36.6 Å². The van der Waals surface area contributed by atoms with Gasteiger partial charge in [-0.25, -0.2) is 4.98 Å². The molecule has 2 aromatic heterocycles. The SMILES string of the molecule is O=C(c1cn(CC2CCCCC2)nn1)N1CCC[C@@H](c2nc3ccccc3[nH]2)C1. The summed E-state index contributed by atoms with van der Waals surface area (Å²) in [5, 5.41) is 8.42. The first kappa shape index (κ1) is 18.3. The number of H-pyrrole nitrogens is 1. The first-order valence-corrected chi connectivity index (χ1v) is 10.9. The number of carbonyl (C=O) groups is 1. The largest absolute Gasteiger partial charge is 0.342 e. The van der Waals surface area contributed by atoms with Gasteiger partial charge in [0.05, 0.1) is 17.2 Å². The third-order valence-electron chi connectivity index (χ3n) is 6.43. The van der Waals surface area contributed by atoms with Gasteiger partial charge in [0.1, 0.15) is 5.82 Å². The summed E-state index contributed by atoms with van der Waals surface area (Å²) in [6.07, 6.45) is 10.3. The number of imidazole rings is 1. The standard InChI is InChI=1S/C22H28N6O/c29-22(20-15-28(26-25-20)13-16-7-2-1-3-8-16)27-12-6-9-17(14-27)21-23-18-10-4-5-11-19(18)24-21/h4-5,10-11,15-17H,1-3,6-9,12-14H2,(H,23,24)/t17-/m1/s1. The molecule has 0 radical (unpaired) electrons. The highest BCUT2D eigenvalue weighted by Crippen LogP contribution is 2.28. The number of carbonyl (C=O) groups excluding carboxylic acids is 1. The molecule has 1 atom stereocenters. The second-order valence-corrected chi connectivity index (χ2v) is 8.56. The van der Waals surface area contributed by atoms with Crippen molar-refractivity contribution in [1.82, 2.24) is 29.9 Å². The number of benzene rings is 1. The molecule has 3 aromatic rings. The fraction of sp³-hybridized carbons (Fsp3) is 0.545. The Kier molecular flexibility index (Phi) is 5.04. The molecule has 1 aliphatic carbocycles. The summed E-state index contributed by atoms with van der Waals surface area (Å²) in [6, 6.07) is 8.08. The lowest BCUT2D eigenvalue weighted by atomic mass is 9.89. The van der Waals surface area contributed by atoms with Crippen molar-refractivity contribution < 1.29 is 4.79 Å². The van der Waals surface area contributed by atoms with Crippen LogP contribution in [-0.2, 0) is 6.54 Å². The van der Waals surface area contributed by atoms with E-state index in [1.54, 1.807) is 0 Å². The number of aromatic nitrogens is 5. The van der Waals surface area contributed by atoms with E-state index < -0.39 is 0 Å². The van der Waals surface area contributed by atoms with E-state index >= 15 is 0 Å². The minimum absolute atomic E-state index is 0.0132. The average molecular weight is 393 g/mol. The Hall–Kier alpha value is -2.70. The zero-order valence-electron chi connectivity index (χ0n) is 16.8. The van der Waals surface area contributed by atoms with E-state index in [0.29, 0.717) is 18.2 Å². The van der Waals surface area contributed by atoms with Crippen LogP contribution in [0.2, 0.25) is 0 Å². The molecule has 1 aliphatic heterocycles. The molecular formula is C22H28N6O. The zero-order chi connectivity index (χ0) is 19.6. The highest BCUT2D eigenvalue weighted by molar-refractivity contribution is 5.92. The van der Waals surface area contributed by atoms with Gasteiger partial charge in [0.25, 0.3) is 5.91 Å². The number of fused-ring (bicyclic) bond motifs is 1. The number of rotatable bonds is 4. The van der Waals surface area contributed by atoms with Gasteiger partial charge in [-0.3, -0.25) is 9.48 Å². The Balaban J connectivity index is 1.26. The van der Waals surface area contributed by atoms with Crippen LogP contribution in [0.15, 0.2) is 30.5 Å². The third-order valence-corrected chi connectivity index (χ3v) is 6.43. The van der Waals surface area contributed by atoms with Crippen LogP contribution >= 0.6 is 0 Å². The number of likely N-dealkylation sites (tertiary alicyclic amines) is 1. The fourth-order valence-electron chi connectivity index (χ4n) is 4.83. The Morgan fingerprint density at radius 3 is 2.83 bits per heavy atom. The molecule has 2 aliphatic rings. The molecule has 2 fully saturated rings. The second kappa shape index (κ2) is 7.97. The van der Waals surface area contributed by atoms with E-state index in [1.165, 1.54) is 32.1 Å². The Labute approximate surface area is 170 Å². The smallest absolute Gasteiger partial charge is 0.276 e. The molecule has 5 rings (SSSR count). The number of piperidine rings is 1. The highest BCUT2D eigenvalue weighted by atomic mass is 16.2. The van der Waals surface area contributed by atoms with Gasteiger partial charge in [0.2, 0.25) is 0 Å². The van der Waals surface area contributed by atoms with Crippen LogP contribution in [-0.4, -0.2) is 48.9 Å². The van der Waals surface area contributed by atoms with Crippen LogP contribution in [0.4, 0.5) is 0 Å². The van der Waals surface area contributed by atoms with Crippen LogP contribution in [0.25, 0.3) is 11.0 Å². The maximum atomic E-state index is 13.0. The molecule has 1 amide bonds. The Morgan fingerprint density at radius 2 is 1.97 bits per heavy atom. The molecular weight excluding hydrogens is 364 g/mol. The zero-order valence-corrected chi connectivity index (χ0v) is 16.8. The second-order valence-electron chi connectivity index (χ2n) is 8.56. The van der Waals surface area contributed by atoms with Gasteiger partial charge in [-0.15, -0.1) is 5.10 Å². The van der Waals surface area contributed by atoms with Crippen LogP contribution in [0.1, 0.15) is 67.2 Å². The van der Waals surface area contributed by atoms with Crippen molar-refractivity contribution in [3.8, 4) is 0 Å². The molecule has 0 spiro atoms. The summed E-state index contributed by atoms with van der Waals surface area (Å²) < 4.78 is 1.86. The number of nitrogens with one attached hydrogen (secondary N) is 1. The minimum atomic E-state index is -0.0132. The van der Waals surface area contributed by atoms with Gasteiger partial charge in [-0.2, -0.15) is 0 Å². The molecule has 3 heterocycles. The maximum Gasteiger partial charge on any atom is 0.276 e. The topological polar surface area (TPSA) is 79.7 Å². The van der Waals surface area contributed by atoms with Crippen molar-refractivity contribution in [3.05, 3.63) is 42.0 Å². The first-order valence-electron chi connectivity index (χ1n) is 10.9. The van der Waals surface area contributed by atoms with Crippen molar-refractivity contribution >= 4 is 16.9 Å². The van der Waals surface area contributed by atoms with Crippen molar-refractivity contribution in [2.45, 2.75) is 57.4 Å². The van der Waals surface area contributed by atoms with Crippen molar-refractivity contribution in [2.75, 3.05) is 13.1 Å². The molecule has 0 unspecified atom stereocenters. The van der Waals surface area contributed by atoms with Crippen LogP contribution in [0.3, 0.4) is 0 Å². The van der Waals surface area contributed by atoms with Gasteiger partial charge >= 0.3 is 0 Å². The third kappa shape index (κ3) is 3.91. The molecule has 1 saturated heterocycles. The van der Waals surface area contributed by atoms with Gasteiger partial charge < -0.3 is 9.88 Å². The van der Waals surface area contributed by atoms with Crippen molar-refractivity contribution in [1.29, 1.82) is 0 Å². The lowest BCUT2D eigenvalue weighted by Gasteiger charge is -2.31. The molecule has 0 bridgehead atoms. The molecule has 1 saturated carbocycles. The number of amides is 1. The first-order chi connectivity index (χ1) is 14.3.